The van der Waals surface area contributed by atoms with Crippen molar-refractivity contribution in [2.24, 2.45) is 7.05 Å². The first kappa shape index (κ1) is 17.6. The average Bonchev–Trinajstić information content (AvgIpc) is 3.38. The van der Waals surface area contributed by atoms with Crippen LogP contribution in [-0.2, 0) is 13.5 Å². The lowest BCUT2D eigenvalue weighted by molar-refractivity contribution is 0.589. The summed E-state index contributed by atoms with van der Waals surface area (Å²) >= 11 is 0. The molecule has 4 heterocycles. The number of nitrogens with one attached hydrogen (secondary N) is 3. The zero-order chi connectivity index (χ0) is 19.6. The molecule has 0 radical (unpaired) electrons. The number of hydrogen-bond donors (Lipinski definition) is 3. The summed E-state index contributed by atoms with van der Waals surface area (Å²) in [6, 6.07) is 8.70. The zero-order valence-corrected chi connectivity index (χ0v) is 16.3. The molecule has 5 rings (SSSR count). The first-order valence-electron chi connectivity index (χ1n) is 9.75. The maximum Gasteiger partial charge on any atom is 0.229 e. The van der Waals surface area contributed by atoms with Gasteiger partial charge in [0, 0.05) is 51.5 Å². The Morgan fingerprint density at radius 3 is 2.86 bits per heavy atom. The molecule has 9 heteroatoms. The first-order chi connectivity index (χ1) is 14.2. The van der Waals surface area contributed by atoms with Gasteiger partial charge in [0.25, 0.3) is 0 Å². The van der Waals surface area contributed by atoms with Crippen molar-refractivity contribution >= 4 is 28.4 Å². The molecule has 0 aliphatic carbocycles. The highest BCUT2D eigenvalue weighted by molar-refractivity contribution is 5.78. The lowest BCUT2D eigenvalue weighted by atomic mass is 10.1. The Balaban J connectivity index is 1.44. The molecule has 0 saturated carbocycles. The highest BCUT2D eigenvalue weighted by Crippen LogP contribution is 2.23. The van der Waals surface area contributed by atoms with E-state index < -0.39 is 0 Å². The molecule has 0 atom stereocenters. The standard InChI is InChI=1S/C20H23N9/c1-28-13-15(11-23-28)24-20-25-18(17-12-22-27-19(17)26-20)10-14-3-2-4-16(9-14)29-7-5-21-6-8-29/h2-4,9,11-13,21H,5-8,10H2,1H3,(H2,22,24,25,26,27). The molecular weight excluding hydrogens is 366 g/mol. The Morgan fingerprint density at radius 1 is 1.14 bits per heavy atom. The van der Waals surface area contributed by atoms with Crippen LogP contribution in [0.5, 0.6) is 0 Å². The minimum atomic E-state index is 0.531. The van der Waals surface area contributed by atoms with Crippen LogP contribution in [-0.4, -0.2) is 56.1 Å². The lowest BCUT2D eigenvalue weighted by Crippen LogP contribution is -2.43. The monoisotopic (exact) mass is 389 g/mol. The third-order valence-electron chi connectivity index (χ3n) is 5.11. The van der Waals surface area contributed by atoms with Crippen molar-refractivity contribution in [3.8, 4) is 0 Å². The van der Waals surface area contributed by atoms with E-state index >= 15 is 0 Å². The Kier molecular flexibility index (Phi) is 4.57. The number of aromatic nitrogens is 6. The van der Waals surface area contributed by atoms with Crippen LogP contribution in [0.4, 0.5) is 17.3 Å². The average molecular weight is 389 g/mol. The molecule has 1 aliphatic heterocycles. The van der Waals surface area contributed by atoms with Crippen LogP contribution in [0.15, 0.2) is 42.9 Å². The molecule has 1 fully saturated rings. The van der Waals surface area contributed by atoms with Gasteiger partial charge in [-0.3, -0.25) is 9.78 Å². The summed E-state index contributed by atoms with van der Waals surface area (Å²) in [5.41, 5.74) is 4.98. The van der Waals surface area contributed by atoms with Gasteiger partial charge in [0.2, 0.25) is 5.95 Å². The van der Waals surface area contributed by atoms with E-state index in [1.165, 1.54) is 11.3 Å². The van der Waals surface area contributed by atoms with Crippen LogP contribution < -0.4 is 15.5 Å². The number of anilines is 3. The summed E-state index contributed by atoms with van der Waals surface area (Å²) in [4.78, 5) is 11.7. The van der Waals surface area contributed by atoms with Crippen LogP contribution in [0.3, 0.4) is 0 Å². The van der Waals surface area contributed by atoms with E-state index in [4.69, 9.17) is 4.98 Å². The number of fused-ring (bicyclic) bond motifs is 1. The van der Waals surface area contributed by atoms with Crippen molar-refractivity contribution in [1.29, 1.82) is 0 Å². The van der Waals surface area contributed by atoms with Gasteiger partial charge in [0.05, 0.1) is 29.2 Å². The van der Waals surface area contributed by atoms with Crippen molar-refractivity contribution in [1.82, 2.24) is 35.3 Å². The van der Waals surface area contributed by atoms with E-state index in [-0.39, 0.29) is 0 Å². The van der Waals surface area contributed by atoms with Crippen LogP contribution in [0.1, 0.15) is 11.3 Å². The normalized spacial score (nSPS) is 14.4. The van der Waals surface area contributed by atoms with Crippen molar-refractivity contribution < 1.29 is 0 Å². The Morgan fingerprint density at radius 2 is 2.03 bits per heavy atom. The summed E-state index contributed by atoms with van der Waals surface area (Å²) < 4.78 is 1.74. The van der Waals surface area contributed by atoms with Crippen molar-refractivity contribution in [2.45, 2.75) is 6.42 Å². The van der Waals surface area contributed by atoms with Gasteiger partial charge in [-0.25, -0.2) is 4.98 Å². The van der Waals surface area contributed by atoms with E-state index in [0.29, 0.717) is 12.4 Å². The third kappa shape index (κ3) is 3.77. The highest BCUT2D eigenvalue weighted by Gasteiger charge is 2.14. The number of aromatic amines is 1. The van der Waals surface area contributed by atoms with E-state index in [1.807, 2.05) is 13.2 Å². The molecule has 1 saturated heterocycles. The molecule has 3 N–H and O–H groups in total. The van der Waals surface area contributed by atoms with Gasteiger partial charge in [0.1, 0.15) is 0 Å². The number of H-pyrrole nitrogens is 1. The molecule has 0 bridgehead atoms. The second-order valence-electron chi connectivity index (χ2n) is 7.24. The molecule has 0 unspecified atom stereocenters. The Bertz CT molecular complexity index is 1120. The maximum atomic E-state index is 4.77. The van der Waals surface area contributed by atoms with Crippen LogP contribution in [0.2, 0.25) is 0 Å². The molecule has 3 aromatic heterocycles. The number of aryl methyl sites for hydroxylation is 1. The second-order valence-corrected chi connectivity index (χ2v) is 7.24. The molecule has 9 nitrogen and oxygen atoms in total. The van der Waals surface area contributed by atoms with Gasteiger partial charge in [-0.1, -0.05) is 12.1 Å². The van der Waals surface area contributed by atoms with Crippen LogP contribution in [0, 0.1) is 0 Å². The molecule has 148 valence electrons. The molecule has 1 aromatic carbocycles. The fraction of sp³-hybridized carbons (Fsp3) is 0.300. The molecule has 29 heavy (non-hydrogen) atoms. The fourth-order valence-corrected chi connectivity index (χ4v) is 3.68. The van der Waals surface area contributed by atoms with Crippen molar-refractivity contribution in [3.05, 3.63) is 54.1 Å². The van der Waals surface area contributed by atoms with E-state index in [2.05, 4.69) is 60.1 Å². The lowest BCUT2D eigenvalue weighted by Gasteiger charge is -2.29. The Labute approximate surface area is 168 Å². The predicted octanol–water partition coefficient (Wildman–Crippen LogP) is 1.83. The van der Waals surface area contributed by atoms with Gasteiger partial charge in [-0.2, -0.15) is 15.2 Å². The van der Waals surface area contributed by atoms with E-state index in [9.17, 15) is 0 Å². The summed E-state index contributed by atoms with van der Waals surface area (Å²) in [5, 5.41) is 18.9. The summed E-state index contributed by atoms with van der Waals surface area (Å²) in [6.07, 6.45) is 6.13. The SMILES string of the molecule is Cn1cc(Nc2nc(Cc3cccc(N4CCNCC4)c3)c3cn[nH]c3n2)cn1. The summed E-state index contributed by atoms with van der Waals surface area (Å²) in [5.74, 6) is 0.531. The summed E-state index contributed by atoms with van der Waals surface area (Å²) in [6.45, 7) is 4.11. The molecule has 1 aliphatic rings. The van der Waals surface area contributed by atoms with Gasteiger partial charge in [0.15, 0.2) is 5.65 Å². The third-order valence-corrected chi connectivity index (χ3v) is 5.11. The largest absolute Gasteiger partial charge is 0.369 e. The number of hydrogen-bond acceptors (Lipinski definition) is 7. The van der Waals surface area contributed by atoms with Gasteiger partial charge >= 0.3 is 0 Å². The fourth-order valence-electron chi connectivity index (χ4n) is 3.68. The number of benzene rings is 1. The summed E-state index contributed by atoms with van der Waals surface area (Å²) in [7, 11) is 1.88. The van der Waals surface area contributed by atoms with Crippen molar-refractivity contribution in [3.63, 3.8) is 0 Å². The van der Waals surface area contributed by atoms with E-state index in [0.717, 1.165) is 48.6 Å². The first-order valence-corrected chi connectivity index (χ1v) is 9.75. The minimum absolute atomic E-state index is 0.531. The number of nitrogens with zero attached hydrogens (tertiary/aromatic N) is 6. The van der Waals surface area contributed by atoms with Gasteiger partial charge in [-0.15, -0.1) is 0 Å². The Hall–Kier alpha value is -3.46. The number of rotatable bonds is 5. The quantitative estimate of drug-likeness (QED) is 0.479. The highest BCUT2D eigenvalue weighted by atomic mass is 15.3. The molecule has 4 aromatic rings. The predicted molar refractivity (Wildman–Crippen MR) is 113 cm³/mol. The van der Waals surface area contributed by atoms with Gasteiger partial charge in [-0.05, 0) is 17.7 Å². The van der Waals surface area contributed by atoms with Crippen LogP contribution >= 0.6 is 0 Å². The minimum Gasteiger partial charge on any atom is -0.369 e. The molecule has 0 spiro atoms. The maximum absolute atomic E-state index is 4.77. The van der Waals surface area contributed by atoms with Crippen LogP contribution in [0.25, 0.3) is 11.0 Å². The zero-order valence-electron chi connectivity index (χ0n) is 16.3. The van der Waals surface area contributed by atoms with E-state index in [1.54, 1.807) is 17.1 Å². The molecule has 0 amide bonds. The second kappa shape index (κ2) is 7.51. The van der Waals surface area contributed by atoms with Gasteiger partial charge < -0.3 is 15.5 Å². The topological polar surface area (TPSA) is 99.6 Å². The van der Waals surface area contributed by atoms with Crippen molar-refractivity contribution in [2.75, 3.05) is 36.4 Å². The smallest absolute Gasteiger partial charge is 0.229 e. The number of piperazine rings is 1. The molecular formula is C20H23N9.